The van der Waals surface area contributed by atoms with Crippen LogP contribution < -0.4 is 11.3 Å². The first-order chi connectivity index (χ1) is 8.60. The van der Waals surface area contributed by atoms with E-state index in [1.54, 1.807) is 0 Å². The molecule has 1 unspecified atom stereocenters. The van der Waals surface area contributed by atoms with Crippen LogP contribution in [0.5, 0.6) is 0 Å². The highest BCUT2D eigenvalue weighted by Crippen LogP contribution is 2.24. The van der Waals surface area contributed by atoms with Crippen LogP contribution in [0.4, 0.5) is 0 Å². The van der Waals surface area contributed by atoms with Gasteiger partial charge < -0.3 is 4.42 Å². The van der Waals surface area contributed by atoms with Crippen molar-refractivity contribution in [2.75, 3.05) is 0 Å². The molecule has 3 nitrogen and oxygen atoms in total. The van der Waals surface area contributed by atoms with Gasteiger partial charge in [0.25, 0.3) is 0 Å². The van der Waals surface area contributed by atoms with Crippen LogP contribution in [0.25, 0.3) is 0 Å². The number of hydrogen-bond acceptors (Lipinski definition) is 3. The minimum absolute atomic E-state index is 0.0881. The summed E-state index contributed by atoms with van der Waals surface area (Å²) >= 11 is 0. The van der Waals surface area contributed by atoms with Crippen LogP contribution >= 0.6 is 0 Å². The standard InChI is InChI=1S/C15H20N2O/c1-10-4-6-13(7-5-10)9-15(17-16)14-8-11(2)18-12(14)3/h4-8,15,17H,9,16H2,1-3H3. The molecule has 0 aliphatic heterocycles. The third-order valence-electron chi connectivity index (χ3n) is 3.22. The summed E-state index contributed by atoms with van der Waals surface area (Å²) in [5, 5.41) is 0. The van der Waals surface area contributed by atoms with Gasteiger partial charge in [-0.3, -0.25) is 11.3 Å². The van der Waals surface area contributed by atoms with Crippen LogP contribution in [0.15, 0.2) is 34.7 Å². The van der Waals surface area contributed by atoms with E-state index in [0.29, 0.717) is 0 Å². The van der Waals surface area contributed by atoms with Gasteiger partial charge in [-0.15, -0.1) is 0 Å². The smallest absolute Gasteiger partial charge is 0.105 e. The minimum atomic E-state index is 0.0881. The zero-order valence-electron chi connectivity index (χ0n) is 11.2. The lowest BCUT2D eigenvalue weighted by Crippen LogP contribution is -2.29. The van der Waals surface area contributed by atoms with Crippen molar-refractivity contribution >= 4 is 0 Å². The molecule has 1 atom stereocenters. The molecule has 1 heterocycles. The van der Waals surface area contributed by atoms with Crippen LogP contribution in [0.2, 0.25) is 0 Å². The van der Waals surface area contributed by atoms with Gasteiger partial charge in [0.2, 0.25) is 0 Å². The van der Waals surface area contributed by atoms with Crippen molar-refractivity contribution in [3.8, 4) is 0 Å². The minimum Gasteiger partial charge on any atom is -0.466 e. The number of hydrogen-bond donors (Lipinski definition) is 2. The van der Waals surface area contributed by atoms with E-state index >= 15 is 0 Å². The lowest BCUT2D eigenvalue weighted by atomic mass is 9.99. The maximum absolute atomic E-state index is 5.67. The van der Waals surface area contributed by atoms with E-state index in [2.05, 4.69) is 36.6 Å². The van der Waals surface area contributed by atoms with Gasteiger partial charge in [0.05, 0.1) is 6.04 Å². The van der Waals surface area contributed by atoms with Crippen molar-refractivity contribution in [1.29, 1.82) is 0 Å². The first kappa shape index (κ1) is 12.9. The van der Waals surface area contributed by atoms with Gasteiger partial charge >= 0.3 is 0 Å². The Labute approximate surface area is 108 Å². The molecule has 2 aromatic rings. The highest BCUT2D eigenvalue weighted by molar-refractivity contribution is 5.28. The van der Waals surface area contributed by atoms with E-state index in [0.717, 1.165) is 23.5 Å². The molecule has 3 heteroatoms. The first-order valence-electron chi connectivity index (χ1n) is 6.18. The van der Waals surface area contributed by atoms with Gasteiger partial charge in [0.1, 0.15) is 11.5 Å². The third kappa shape index (κ3) is 2.81. The number of rotatable bonds is 4. The first-order valence-corrected chi connectivity index (χ1v) is 6.18. The molecule has 0 aliphatic carbocycles. The Morgan fingerprint density at radius 3 is 2.33 bits per heavy atom. The number of aryl methyl sites for hydroxylation is 3. The fourth-order valence-corrected chi connectivity index (χ4v) is 2.21. The van der Waals surface area contributed by atoms with Crippen molar-refractivity contribution in [3.63, 3.8) is 0 Å². The lowest BCUT2D eigenvalue weighted by Gasteiger charge is -2.15. The average Bonchev–Trinajstić information content (AvgIpc) is 2.68. The molecule has 0 fully saturated rings. The van der Waals surface area contributed by atoms with Gasteiger partial charge in [-0.2, -0.15) is 0 Å². The number of nitrogens with two attached hydrogens (primary N) is 1. The molecule has 0 spiro atoms. The summed E-state index contributed by atoms with van der Waals surface area (Å²) in [6.07, 6.45) is 0.858. The zero-order chi connectivity index (χ0) is 13.1. The summed E-state index contributed by atoms with van der Waals surface area (Å²) in [6.45, 7) is 6.02. The number of hydrazine groups is 1. The van der Waals surface area contributed by atoms with Crippen molar-refractivity contribution in [2.24, 2.45) is 5.84 Å². The maximum atomic E-state index is 5.67. The molecule has 0 amide bonds. The van der Waals surface area contributed by atoms with Crippen molar-refractivity contribution in [1.82, 2.24) is 5.43 Å². The maximum Gasteiger partial charge on any atom is 0.105 e. The second-order valence-corrected chi connectivity index (χ2v) is 4.78. The van der Waals surface area contributed by atoms with E-state index < -0.39 is 0 Å². The van der Waals surface area contributed by atoms with Gasteiger partial charge in [0, 0.05) is 5.56 Å². The van der Waals surface area contributed by atoms with E-state index in [4.69, 9.17) is 10.3 Å². The normalized spacial score (nSPS) is 12.7. The Morgan fingerprint density at radius 1 is 1.17 bits per heavy atom. The number of furan rings is 1. The van der Waals surface area contributed by atoms with Crippen molar-refractivity contribution in [3.05, 3.63) is 58.5 Å². The highest BCUT2D eigenvalue weighted by Gasteiger charge is 2.16. The Morgan fingerprint density at radius 2 is 1.83 bits per heavy atom. The summed E-state index contributed by atoms with van der Waals surface area (Å²) in [5.41, 5.74) is 6.55. The average molecular weight is 244 g/mol. The van der Waals surface area contributed by atoms with Crippen LogP contribution in [0.1, 0.15) is 34.3 Å². The number of benzene rings is 1. The molecule has 0 bridgehead atoms. The SMILES string of the molecule is Cc1ccc(CC(NN)c2cc(C)oc2C)cc1. The summed E-state index contributed by atoms with van der Waals surface area (Å²) in [7, 11) is 0. The summed E-state index contributed by atoms with van der Waals surface area (Å²) in [5.74, 6) is 7.52. The van der Waals surface area contributed by atoms with Crippen molar-refractivity contribution in [2.45, 2.75) is 33.2 Å². The molecular weight excluding hydrogens is 224 g/mol. The van der Waals surface area contributed by atoms with Crippen LogP contribution in [0, 0.1) is 20.8 Å². The Hall–Kier alpha value is -1.58. The summed E-state index contributed by atoms with van der Waals surface area (Å²) in [6, 6.07) is 10.7. The lowest BCUT2D eigenvalue weighted by molar-refractivity contribution is 0.484. The van der Waals surface area contributed by atoms with E-state index in [1.165, 1.54) is 11.1 Å². The van der Waals surface area contributed by atoms with E-state index in [1.807, 2.05) is 19.9 Å². The molecule has 3 N–H and O–H groups in total. The molecule has 18 heavy (non-hydrogen) atoms. The van der Waals surface area contributed by atoms with E-state index in [-0.39, 0.29) is 6.04 Å². The van der Waals surface area contributed by atoms with Gasteiger partial charge in [-0.05, 0) is 38.8 Å². The summed E-state index contributed by atoms with van der Waals surface area (Å²) < 4.78 is 5.56. The molecule has 1 aromatic heterocycles. The fourth-order valence-electron chi connectivity index (χ4n) is 2.21. The molecule has 0 aliphatic rings. The second kappa shape index (κ2) is 5.38. The molecule has 0 saturated carbocycles. The topological polar surface area (TPSA) is 51.2 Å². The second-order valence-electron chi connectivity index (χ2n) is 4.78. The quantitative estimate of drug-likeness (QED) is 0.642. The predicted octanol–water partition coefficient (Wildman–Crippen LogP) is 2.95. The van der Waals surface area contributed by atoms with Gasteiger partial charge in [-0.1, -0.05) is 29.8 Å². The number of nitrogens with one attached hydrogen (secondary N) is 1. The Kier molecular flexibility index (Phi) is 3.84. The van der Waals surface area contributed by atoms with Gasteiger partial charge in [-0.25, -0.2) is 0 Å². The molecule has 1 aromatic carbocycles. The fraction of sp³-hybridized carbons (Fsp3) is 0.333. The van der Waals surface area contributed by atoms with E-state index in [9.17, 15) is 0 Å². The largest absolute Gasteiger partial charge is 0.466 e. The third-order valence-corrected chi connectivity index (χ3v) is 3.22. The molecule has 0 radical (unpaired) electrons. The monoisotopic (exact) mass is 244 g/mol. The molecule has 2 rings (SSSR count). The van der Waals surface area contributed by atoms with Crippen LogP contribution in [-0.2, 0) is 6.42 Å². The molecular formula is C15H20N2O. The zero-order valence-corrected chi connectivity index (χ0v) is 11.2. The Bertz CT molecular complexity index is 514. The Balaban J connectivity index is 2.19. The highest BCUT2D eigenvalue weighted by atomic mass is 16.3. The summed E-state index contributed by atoms with van der Waals surface area (Å²) in [4.78, 5) is 0. The van der Waals surface area contributed by atoms with Crippen LogP contribution in [-0.4, -0.2) is 0 Å². The van der Waals surface area contributed by atoms with Crippen LogP contribution in [0.3, 0.4) is 0 Å². The molecule has 96 valence electrons. The van der Waals surface area contributed by atoms with Crippen molar-refractivity contribution < 1.29 is 4.42 Å². The predicted molar refractivity (Wildman–Crippen MR) is 73.1 cm³/mol. The molecule has 0 saturated heterocycles. The van der Waals surface area contributed by atoms with Gasteiger partial charge in [0.15, 0.2) is 0 Å².